The van der Waals surface area contributed by atoms with Crippen molar-refractivity contribution in [2.75, 3.05) is 20.3 Å². The smallest absolute Gasteiger partial charge is 0.476 e. The molecule has 1 aromatic heterocycles. The lowest BCUT2D eigenvalue weighted by Gasteiger charge is -2.28. The molecule has 2 N–H and O–H groups in total. The Hall–Kier alpha value is -2.90. The van der Waals surface area contributed by atoms with Crippen molar-refractivity contribution >= 4 is 23.4 Å². The van der Waals surface area contributed by atoms with Crippen LogP contribution in [0.5, 0.6) is 5.75 Å². The number of aromatic carboxylic acids is 1. The number of aromatic nitrogens is 1. The van der Waals surface area contributed by atoms with E-state index in [1.54, 1.807) is 25.7 Å². The maximum absolute atomic E-state index is 12.8. The fourth-order valence-corrected chi connectivity index (χ4v) is 4.84. The van der Waals surface area contributed by atoms with Crippen LogP contribution >= 0.6 is 11.3 Å². The van der Waals surface area contributed by atoms with Crippen LogP contribution in [0, 0.1) is 0 Å². The van der Waals surface area contributed by atoms with Crippen molar-refractivity contribution in [1.82, 2.24) is 15.2 Å². The molecule has 0 saturated carbocycles. The van der Waals surface area contributed by atoms with E-state index < -0.39 is 29.8 Å². The number of amides is 1. The Morgan fingerprint density at radius 1 is 1.25 bits per heavy atom. The third-order valence-electron chi connectivity index (χ3n) is 5.20. The maximum atomic E-state index is 12.8. The Morgan fingerprint density at radius 2 is 1.94 bits per heavy atom. The van der Waals surface area contributed by atoms with Crippen LogP contribution in [-0.4, -0.2) is 71.4 Å². The van der Waals surface area contributed by atoms with Crippen molar-refractivity contribution in [2.45, 2.75) is 57.8 Å². The molecule has 0 aliphatic carbocycles. The summed E-state index contributed by atoms with van der Waals surface area (Å²) in [6.07, 6.45) is -4.83. The average molecular weight is 532 g/mol. The number of benzene rings is 1. The number of rotatable bonds is 8. The van der Waals surface area contributed by atoms with Crippen LogP contribution < -0.4 is 10.1 Å². The summed E-state index contributed by atoms with van der Waals surface area (Å²) in [6.45, 7) is 6.03. The van der Waals surface area contributed by atoms with Crippen molar-refractivity contribution in [3.8, 4) is 16.3 Å². The van der Waals surface area contributed by atoms with Crippen LogP contribution in [0.25, 0.3) is 10.6 Å². The summed E-state index contributed by atoms with van der Waals surface area (Å²) in [5, 5.41) is 13.0. The molecule has 0 radical (unpaired) electrons. The number of halogens is 3. The van der Waals surface area contributed by atoms with Gasteiger partial charge in [-0.25, -0.2) is 14.6 Å². The third kappa shape index (κ3) is 7.31. The number of carboxylic acid groups (broad SMARTS) is 1. The van der Waals surface area contributed by atoms with E-state index in [4.69, 9.17) is 9.47 Å². The first-order valence-corrected chi connectivity index (χ1v) is 11.9. The summed E-state index contributed by atoms with van der Waals surface area (Å²) in [5.41, 5.74) is -0.896. The molecule has 0 bridgehead atoms. The summed E-state index contributed by atoms with van der Waals surface area (Å²) in [6, 6.07) is 5.00. The van der Waals surface area contributed by atoms with Crippen LogP contribution in [-0.2, 0) is 16.0 Å². The second-order valence-electron chi connectivity index (χ2n) is 9.20. The molecule has 1 amide bonds. The number of alkyl halides is 3. The molecule has 1 saturated heterocycles. The fourth-order valence-electron chi connectivity index (χ4n) is 3.81. The van der Waals surface area contributed by atoms with Gasteiger partial charge in [-0.3, -0.25) is 0 Å². The highest BCUT2D eigenvalue weighted by Crippen LogP contribution is 2.37. The molecular formula is C23H28F3N3O6S. The Morgan fingerprint density at radius 3 is 2.56 bits per heavy atom. The standard InChI is InChI=1S/C23H28F3N3O6S/c1-22(2,3)35-21(32)29-11-13(9-14(29)12-33-4)27-10-17-18(20(30)31)28-19(36-17)15-7-5-6-8-16(15)34-23(24,25)26/h5-8,13-14,27H,9-12H2,1-4H3,(H,30,31)/t13-,14+/m1/s1. The average Bonchev–Trinajstić information content (AvgIpc) is 3.35. The van der Waals surface area contributed by atoms with Gasteiger partial charge in [-0.2, -0.15) is 0 Å². The maximum Gasteiger partial charge on any atom is 0.573 e. The van der Waals surface area contributed by atoms with Crippen LogP contribution in [0.2, 0.25) is 0 Å². The molecule has 1 aromatic carbocycles. The number of hydrogen-bond acceptors (Lipinski definition) is 8. The van der Waals surface area contributed by atoms with Crippen LogP contribution in [0.3, 0.4) is 0 Å². The fraction of sp³-hybridized carbons (Fsp3) is 0.522. The molecule has 0 unspecified atom stereocenters. The van der Waals surface area contributed by atoms with E-state index in [0.717, 1.165) is 17.4 Å². The van der Waals surface area contributed by atoms with E-state index >= 15 is 0 Å². The van der Waals surface area contributed by atoms with Gasteiger partial charge in [0.2, 0.25) is 0 Å². The van der Waals surface area contributed by atoms with Gasteiger partial charge in [0.25, 0.3) is 0 Å². The van der Waals surface area contributed by atoms with E-state index in [1.165, 1.54) is 25.3 Å². The van der Waals surface area contributed by atoms with Gasteiger partial charge >= 0.3 is 18.4 Å². The number of nitrogens with one attached hydrogen (secondary N) is 1. The molecule has 36 heavy (non-hydrogen) atoms. The van der Waals surface area contributed by atoms with Gasteiger partial charge < -0.3 is 29.5 Å². The molecule has 198 valence electrons. The zero-order valence-corrected chi connectivity index (χ0v) is 21.0. The molecule has 2 atom stereocenters. The number of para-hydroxylation sites is 1. The molecule has 2 heterocycles. The Kier molecular flexibility index (Phi) is 8.47. The lowest BCUT2D eigenvalue weighted by molar-refractivity contribution is -0.274. The van der Waals surface area contributed by atoms with Crippen molar-refractivity contribution in [1.29, 1.82) is 0 Å². The van der Waals surface area contributed by atoms with Crippen molar-refractivity contribution in [3.63, 3.8) is 0 Å². The number of hydrogen-bond donors (Lipinski definition) is 2. The summed E-state index contributed by atoms with van der Waals surface area (Å²) in [5.74, 6) is -1.77. The number of methoxy groups -OCH3 is 1. The minimum atomic E-state index is -4.91. The Bertz CT molecular complexity index is 1090. The highest BCUT2D eigenvalue weighted by atomic mass is 32.1. The van der Waals surface area contributed by atoms with Crippen molar-refractivity contribution in [2.24, 2.45) is 0 Å². The van der Waals surface area contributed by atoms with E-state index in [0.29, 0.717) is 24.4 Å². The molecular weight excluding hydrogens is 503 g/mol. The molecule has 0 spiro atoms. The van der Waals surface area contributed by atoms with E-state index in [9.17, 15) is 27.9 Å². The predicted molar refractivity (Wildman–Crippen MR) is 125 cm³/mol. The second kappa shape index (κ2) is 11.0. The second-order valence-corrected chi connectivity index (χ2v) is 10.3. The normalized spacial score (nSPS) is 18.4. The van der Waals surface area contributed by atoms with Gasteiger partial charge in [0.05, 0.1) is 23.1 Å². The van der Waals surface area contributed by atoms with E-state index in [2.05, 4.69) is 15.0 Å². The number of ether oxygens (including phenoxy) is 3. The molecule has 9 nitrogen and oxygen atoms in total. The molecule has 1 fully saturated rings. The number of likely N-dealkylation sites (tertiary alicyclic amines) is 1. The molecule has 13 heteroatoms. The summed E-state index contributed by atoms with van der Waals surface area (Å²) in [7, 11) is 1.53. The van der Waals surface area contributed by atoms with Crippen molar-refractivity contribution < 1.29 is 42.1 Å². The highest BCUT2D eigenvalue weighted by Gasteiger charge is 2.38. The van der Waals surface area contributed by atoms with Gasteiger partial charge in [0.15, 0.2) is 5.69 Å². The monoisotopic (exact) mass is 531 g/mol. The zero-order chi connectivity index (χ0) is 26.7. The highest BCUT2D eigenvalue weighted by molar-refractivity contribution is 7.15. The summed E-state index contributed by atoms with van der Waals surface area (Å²) >= 11 is 0.959. The summed E-state index contributed by atoms with van der Waals surface area (Å²) in [4.78, 5) is 30.4. The number of carbonyl (C=O) groups excluding carboxylic acids is 1. The number of carboxylic acids is 1. The quantitative estimate of drug-likeness (QED) is 0.512. The Balaban J connectivity index is 1.77. The first-order chi connectivity index (χ1) is 16.8. The van der Waals surface area contributed by atoms with Gasteiger partial charge in [0.1, 0.15) is 16.4 Å². The third-order valence-corrected chi connectivity index (χ3v) is 6.28. The number of carbonyl (C=O) groups is 2. The molecule has 1 aliphatic heterocycles. The molecule has 3 rings (SSSR count). The topological polar surface area (TPSA) is 110 Å². The first-order valence-electron chi connectivity index (χ1n) is 11.1. The van der Waals surface area contributed by atoms with Gasteiger partial charge in [0, 0.05) is 26.2 Å². The summed E-state index contributed by atoms with van der Waals surface area (Å²) < 4.78 is 53.3. The first kappa shape index (κ1) is 27.7. The Labute approximate surface area is 210 Å². The van der Waals surface area contributed by atoms with Crippen molar-refractivity contribution in [3.05, 3.63) is 34.8 Å². The lowest BCUT2D eigenvalue weighted by Crippen LogP contribution is -2.42. The molecule has 1 aliphatic rings. The van der Waals surface area contributed by atoms with Crippen LogP contribution in [0.4, 0.5) is 18.0 Å². The van der Waals surface area contributed by atoms with Crippen LogP contribution in [0.1, 0.15) is 42.6 Å². The van der Waals surface area contributed by atoms with Crippen LogP contribution in [0.15, 0.2) is 24.3 Å². The van der Waals surface area contributed by atoms with E-state index in [-0.39, 0.29) is 34.9 Å². The van der Waals surface area contributed by atoms with Gasteiger partial charge in [-0.05, 0) is 39.3 Å². The van der Waals surface area contributed by atoms with Gasteiger partial charge in [-0.15, -0.1) is 24.5 Å². The largest absolute Gasteiger partial charge is 0.573 e. The zero-order valence-electron chi connectivity index (χ0n) is 20.2. The number of nitrogens with zero attached hydrogens (tertiary/aromatic N) is 2. The van der Waals surface area contributed by atoms with E-state index in [1.807, 2.05) is 0 Å². The predicted octanol–water partition coefficient (Wildman–Crippen LogP) is 4.52. The van der Waals surface area contributed by atoms with Gasteiger partial charge in [-0.1, -0.05) is 12.1 Å². The molecule has 2 aromatic rings. The SMILES string of the molecule is COC[C@@H]1C[C@@H](NCc2sc(-c3ccccc3OC(F)(F)F)nc2C(=O)O)CN1C(=O)OC(C)(C)C. The lowest BCUT2D eigenvalue weighted by atomic mass is 10.2. The number of thiazole rings is 1. The minimum absolute atomic E-state index is 0.0331. The minimum Gasteiger partial charge on any atom is -0.476 e.